The van der Waals surface area contributed by atoms with E-state index in [0.29, 0.717) is 39.5 Å². The van der Waals surface area contributed by atoms with E-state index in [2.05, 4.69) is 12.1 Å². The van der Waals surface area contributed by atoms with Gasteiger partial charge in [-0.25, -0.2) is 0 Å². The molecule has 1 aliphatic heterocycles. The van der Waals surface area contributed by atoms with E-state index in [1.54, 1.807) is 0 Å². The Labute approximate surface area is 108 Å². The van der Waals surface area contributed by atoms with Gasteiger partial charge in [0.05, 0.1) is 51.7 Å². The van der Waals surface area contributed by atoms with Gasteiger partial charge in [0.15, 0.2) is 0 Å². The summed E-state index contributed by atoms with van der Waals surface area (Å²) in [6, 6.07) is 4.29. The van der Waals surface area contributed by atoms with E-state index >= 15 is 0 Å². The van der Waals surface area contributed by atoms with Crippen LogP contribution in [0.3, 0.4) is 0 Å². The number of rotatable bonds is 2. The highest BCUT2D eigenvalue weighted by molar-refractivity contribution is 4.77. The van der Waals surface area contributed by atoms with Gasteiger partial charge in [0.1, 0.15) is 0 Å². The molecule has 18 heavy (non-hydrogen) atoms. The van der Waals surface area contributed by atoms with E-state index in [1.807, 2.05) is 9.80 Å². The Balaban J connectivity index is 2.33. The van der Waals surface area contributed by atoms with Crippen molar-refractivity contribution in [1.29, 1.82) is 10.5 Å². The van der Waals surface area contributed by atoms with E-state index in [0.717, 1.165) is 26.2 Å². The molecular formula is C12H20N4O2. The van der Waals surface area contributed by atoms with Gasteiger partial charge in [0.25, 0.3) is 0 Å². The largest absolute Gasteiger partial charge is 0.379 e. The first-order valence-corrected chi connectivity index (χ1v) is 6.21. The Morgan fingerprint density at radius 1 is 0.722 bits per heavy atom. The summed E-state index contributed by atoms with van der Waals surface area (Å²) in [4.78, 5) is 4.04. The van der Waals surface area contributed by atoms with Crippen LogP contribution >= 0.6 is 0 Å². The van der Waals surface area contributed by atoms with E-state index in [4.69, 9.17) is 20.0 Å². The minimum atomic E-state index is 0.410. The van der Waals surface area contributed by atoms with Gasteiger partial charge in [-0.1, -0.05) is 0 Å². The van der Waals surface area contributed by atoms with Crippen molar-refractivity contribution in [3.05, 3.63) is 0 Å². The van der Waals surface area contributed by atoms with Gasteiger partial charge in [0, 0.05) is 26.2 Å². The zero-order chi connectivity index (χ0) is 13.1. The first kappa shape index (κ1) is 14.9. The van der Waals surface area contributed by atoms with Crippen LogP contribution in [0, 0.1) is 22.7 Å². The fourth-order valence-electron chi connectivity index (χ4n) is 1.72. The molecule has 0 spiro atoms. The van der Waals surface area contributed by atoms with Crippen molar-refractivity contribution in [3.63, 3.8) is 0 Å². The number of nitrogens with zero attached hydrogens (tertiary/aromatic N) is 4. The van der Waals surface area contributed by atoms with Crippen molar-refractivity contribution in [2.24, 2.45) is 0 Å². The summed E-state index contributed by atoms with van der Waals surface area (Å²) in [5.74, 6) is 0. The second kappa shape index (κ2) is 9.81. The zero-order valence-corrected chi connectivity index (χ0v) is 10.7. The first-order chi connectivity index (χ1) is 8.86. The molecule has 0 aromatic carbocycles. The minimum absolute atomic E-state index is 0.410. The molecule has 0 radical (unpaired) electrons. The van der Waals surface area contributed by atoms with Crippen molar-refractivity contribution in [2.75, 3.05) is 65.7 Å². The number of hydrogen-bond donors (Lipinski definition) is 0. The molecule has 0 bridgehead atoms. The molecule has 1 fully saturated rings. The van der Waals surface area contributed by atoms with Crippen molar-refractivity contribution in [2.45, 2.75) is 0 Å². The molecule has 0 unspecified atom stereocenters. The Kier molecular flexibility index (Phi) is 8.11. The average Bonchev–Trinajstić information content (AvgIpc) is 2.35. The summed E-state index contributed by atoms with van der Waals surface area (Å²) in [6.45, 7) is 6.25. The third-order valence-electron chi connectivity index (χ3n) is 2.80. The lowest BCUT2D eigenvalue weighted by atomic mass is 10.4. The van der Waals surface area contributed by atoms with Crippen molar-refractivity contribution in [3.8, 4) is 12.1 Å². The van der Waals surface area contributed by atoms with Crippen LogP contribution in [0.25, 0.3) is 0 Å². The molecule has 1 saturated heterocycles. The van der Waals surface area contributed by atoms with Crippen molar-refractivity contribution < 1.29 is 9.47 Å². The summed E-state index contributed by atoms with van der Waals surface area (Å²) < 4.78 is 11.0. The summed E-state index contributed by atoms with van der Waals surface area (Å²) in [6.07, 6.45) is 0. The molecular weight excluding hydrogens is 232 g/mol. The molecule has 1 rings (SSSR count). The maximum Gasteiger partial charge on any atom is 0.0867 e. The minimum Gasteiger partial charge on any atom is -0.379 e. The number of ether oxygens (including phenoxy) is 2. The van der Waals surface area contributed by atoms with Gasteiger partial charge >= 0.3 is 0 Å². The van der Waals surface area contributed by atoms with Crippen molar-refractivity contribution >= 4 is 0 Å². The standard InChI is InChI=1S/C12H20N4O2/c13-1-3-15-5-9-17-11-7-16(4-2-14)8-12-18-10-6-15/h3-12H2. The third-order valence-corrected chi connectivity index (χ3v) is 2.80. The second-order valence-corrected chi connectivity index (χ2v) is 4.09. The molecule has 0 aromatic rings. The lowest BCUT2D eigenvalue weighted by Crippen LogP contribution is -2.36. The van der Waals surface area contributed by atoms with Crippen molar-refractivity contribution in [1.82, 2.24) is 9.80 Å². The molecule has 1 heterocycles. The quantitative estimate of drug-likeness (QED) is 0.627. The molecule has 0 saturated carbocycles. The third kappa shape index (κ3) is 6.53. The van der Waals surface area contributed by atoms with Gasteiger partial charge in [-0.3, -0.25) is 9.80 Å². The lowest BCUT2D eigenvalue weighted by molar-refractivity contribution is 0.0442. The first-order valence-electron chi connectivity index (χ1n) is 6.21. The van der Waals surface area contributed by atoms with Crippen LogP contribution < -0.4 is 0 Å². The smallest absolute Gasteiger partial charge is 0.0867 e. The van der Waals surface area contributed by atoms with Gasteiger partial charge in [-0.2, -0.15) is 10.5 Å². The molecule has 100 valence electrons. The van der Waals surface area contributed by atoms with Crippen LogP contribution in [-0.2, 0) is 9.47 Å². The summed E-state index contributed by atoms with van der Waals surface area (Å²) in [5, 5.41) is 17.4. The summed E-state index contributed by atoms with van der Waals surface area (Å²) in [7, 11) is 0. The highest BCUT2D eigenvalue weighted by Gasteiger charge is 2.08. The second-order valence-electron chi connectivity index (χ2n) is 4.09. The Hall–Kier alpha value is -1.18. The van der Waals surface area contributed by atoms with Crippen LogP contribution in [0.1, 0.15) is 0 Å². The average molecular weight is 252 g/mol. The summed E-state index contributed by atoms with van der Waals surface area (Å²) in [5.41, 5.74) is 0. The van der Waals surface area contributed by atoms with Crippen LogP contribution in [0.4, 0.5) is 0 Å². The molecule has 0 atom stereocenters. The molecule has 6 heteroatoms. The maximum absolute atomic E-state index is 8.69. The SMILES string of the molecule is N#CCN1CCOCCN(CC#N)CCOCC1. The fourth-order valence-corrected chi connectivity index (χ4v) is 1.72. The Morgan fingerprint density at radius 2 is 1.06 bits per heavy atom. The monoisotopic (exact) mass is 252 g/mol. The van der Waals surface area contributed by atoms with Gasteiger partial charge < -0.3 is 9.47 Å². The van der Waals surface area contributed by atoms with E-state index in [1.165, 1.54) is 0 Å². The van der Waals surface area contributed by atoms with Gasteiger partial charge in [-0.15, -0.1) is 0 Å². The Bertz CT molecular complexity index is 255. The molecule has 0 N–H and O–H groups in total. The van der Waals surface area contributed by atoms with E-state index < -0.39 is 0 Å². The van der Waals surface area contributed by atoms with Gasteiger partial charge in [-0.05, 0) is 0 Å². The molecule has 0 aromatic heterocycles. The molecule has 6 nitrogen and oxygen atoms in total. The van der Waals surface area contributed by atoms with Gasteiger partial charge in [0.2, 0.25) is 0 Å². The molecule has 1 aliphatic rings. The Morgan fingerprint density at radius 3 is 1.33 bits per heavy atom. The lowest BCUT2D eigenvalue weighted by Gasteiger charge is -2.23. The topological polar surface area (TPSA) is 72.5 Å². The fraction of sp³-hybridized carbons (Fsp3) is 0.833. The summed E-state index contributed by atoms with van der Waals surface area (Å²) >= 11 is 0. The zero-order valence-electron chi connectivity index (χ0n) is 10.7. The predicted octanol–water partition coefficient (Wildman–Crippen LogP) is -0.316. The van der Waals surface area contributed by atoms with Crippen LogP contribution in [0.5, 0.6) is 0 Å². The normalized spacial score (nSPS) is 21.2. The highest BCUT2D eigenvalue weighted by atomic mass is 16.5. The molecule has 0 amide bonds. The van der Waals surface area contributed by atoms with E-state index in [9.17, 15) is 0 Å². The highest BCUT2D eigenvalue weighted by Crippen LogP contribution is 1.94. The predicted molar refractivity (Wildman–Crippen MR) is 65.7 cm³/mol. The van der Waals surface area contributed by atoms with Crippen LogP contribution in [0.15, 0.2) is 0 Å². The molecule has 0 aliphatic carbocycles. The number of nitriles is 2. The van der Waals surface area contributed by atoms with Crippen LogP contribution in [0.2, 0.25) is 0 Å². The number of hydrogen-bond acceptors (Lipinski definition) is 6. The maximum atomic E-state index is 8.69. The van der Waals surface area contributed by atoms with E-state index in [-0.39, 0.29) is 0 Å². The van der Waals surface area contributed by atoms with Crippen LogP contribution in [-0.4, -0.2) is 75.5 Å².